The lowest BCUT2D eigenvalue weighted by atomic mass is 9.60. The van der Waals surface area contributed by atoms with Crippen LogP contribution in [-0.2, 0) is 0 Å². The molecule has 15 heavy (non-hydrogen) atoms. The van der Waals surface area contributed by atoms with Crippen LogP contribution in [0.3, 0.4) is 0 Å². The highest BCUT2D eigenvalue weighted by atomic mass is 14.5. The highest BCUT2D eigenvalue weighted by Crippen LogP contribution is 2.53. The average Bonchev–Trinajstić information content (AvgIpc) is 2.24. The maximum atomic E-state index is 4.22. The largest absolute Gasteiger partial charge is 0.0999 e. The van der Waals surface area contributed by atoms with Crippen LogP contribution in [0.1, 0.15) is 52.9 Å². The summed E-state index contributed by atoms with van der Waals surface area (Å²) in [6.45, 7) is 11.3. The zero-order valence-electron chi connectivity index (χ0n) is 10.6. The fraction of sp³-hybridized carbons (Fsp3) is 0.867. The van der Waals surface area contributed by atoms with Crippen molar-refractivity contribution in [3.05, 3.63) is 12.2 Å². The molecule has 5 unspecified atom stereocenters. The van der Waals surface area contributed by atoms with Crippen LogP contribution in [0.2, 0.25) is 0 Å². The van der Waals surface area contributed by atoms with E-state index in [2.05, 4.69) is 27.4 Å². The molecule has 0 aromatic rings. The Hall–Kier alpha value is -0.260. The third kappa shape index (κ3) is 1.88. The summed E-state index contributed by atoms with van der Waals surface area (Å²) >= 11 is 0. The Balaban J connectivity index is 2.14. The molecule has 2 rings (SSSR count). The van der Waals surface area contributed by atoms with Gasteiger partial charge < -0.3 is 0 Å². The molecule has 0 aromatic heterocycles. The summed E-state index contributed by atoms with van der Waals surface area (Å²) in [4.78, 5) is 0. The van der Waals surface area contributed by atoms with E-state index in [9.17, 15) is 0 Å². The van der Waals surface area contributed by atoms with Crippen molar-refractivity contribution < 1.29 is 0 Å². The molecular weight excluding hydrogens is 180 g/mol. The van der Waals surface area contributed by atoms with Crippen LogP contribution in [0, 0.1) is 29.6 Å². The lowest BCUT2D eigenvalue weighted by Gasteiger charge is -2.45. The molecule has 2 saturated carbocycles. The second-order valence-corrected chi connectivity index (χ2v) is 5.98. The van der Waals surface area contributed by atoms with Gasteiger partial charge in [-0.3, -0.25) is 0 Å². The molecule has 5 atom stereocenters. The monoisotopic (exact) mass is 206 g/mol. The van der Waals surface area contributed by atoms with E-state index in [4.69, 9.17) is 0 Å². The fourth-order valence-electron chi connectivity index (χ4n) is 4.19. The van der Waals surface area contributed by atoms with Crippen LogP contribution < -0.4 is 0 Å². The van der Waals surface area contributed by atoms with Gasteiger partial charge in [0.15, 0.2) is 0 Å². The molecule has 0 amide bonds. The second kappa shape index (κ2) is 4.31. The molecule has 0 aliphatic heterocycles. The van der Waals surface area contributed by atoms with Gasteiger partial charge in [-0.15, -0.1) is 0 Å². The van der Waals surface area contributed by atoms with E-state index in [0.29, 0.717) is 0 Å². The van der Waals surface area contributed by atoms with E-state index in [-0.39, 0.29) is 0 Å². The van der Waals surface area contributed by atoms with E-state index < -0.39 is 0 Å². The van der Waals surface area contributed by atoms with Gasteiger partial charge in [-0.2, -0.15) is 0 Å². The minimum atomic E-state index is 0.850. The van der Waals surface area contributed by atoms with Gasteiger partial charge in [-0.1, -0.05) is 32.4 Å². The maximum absolute atomic E-state index is 4.22. The molecule has 2 aliphatic rings. The SMILES string of the molecule is C=C(C)C1CCC(C)C(CC)C2CCC12. The van der Waals surface area contributed by atoms with Crippen LogP contribution >= 0.6 is 0 Å². The van der Waals surface area contributed by atoms with Crippen molar-refractivity contribution in [2.45, 2.75) is 52.9 Å². The van der Waals surface area contributed by atoms with E-state index in [1.807, 2.05) is 0 Å². The van der Waals surface area contributed by atoms with Crippen molar-refractivity contribution in [2.24, 2.45) is 29.6 Å². The molecule has 0 N–H and O–H groups in total. The number of allylic oxidation sites excluding steroid dienone is 1. The summed E-state index contributed by atoms with van der Waals surface area (Å²) in [5, 5.41) is 0. The third-order valence-corrected chi connectivity index (χ3v) is 5.22. The zero-order valence-corrected chi connectivity index (χ0v) is 10.6. The van der Waals surface area contributed by atoms with Gasteiger partial charge >= 0.3 is 0 Å². The van der Waals surface area contributed by atoms with Crippen molar-refractivity contribution in [3.63, 3.8) is 0 Å². The first kappa shape index (κ1) is 11.2. The van der Waals surface area contributed by atoms with Gasteiger partial charge in [0.25, 0.3) is 0 Å². The first-order valence-corrected chi connectivity index (χ1v) is 6.80. The van der Waals surface area contributed by atoms with Crippen molar-refractivity contribution in [1.29, 1.82) is 0 Å². The van der Waals surface area contributed by atoms with Crippen LogP contribution in [0.5, 0.6) is 0 Å². The molecular formula is C15H26. The Kier molecular flexibility index (Phi) is 3.23. The van der Waals surface area contributed by atoms with Crippen LogP contribution in [0.25, 0.3) is 0 Å². The molecule has 86 valence electrons. The van der Waals surface area contributed by atoms with Gasteiger partial charge in [0.05, 0.1) is 0 Å². The number of rotatable bonds is 2. The van der Waals surface area contributed by atoms with Crippen molar-refractivity contribution in [2.75, 3.05) is 0 Å². The Morgan fingerprint density at radius 1 is 1.13 bits per heavy atom. The molecule has 0 bridgehead atoms. The predicted molar refractivity (Wildman–Crippen MR) is 66.7 cm³/mol. The second-order valence-electron chi connectivity index (χ2n) is 5.98. The Morgan fingerprint density at radius 2 is 1.80 bits per heavy atom. The van der Waals surface area contributed by atoms with E-state index in [1.54, 1.807) is 0 Å². The van der Waals surface area contributed by atoms with E-state index in [1.165, 1.54) is 37.7 Å². The van der Waals surface area contributed by atoms with Gasteiger partial charge in [0, 0.05) is 0 Å². The fourth-order valence-corrected chi connectivity index (χ4v) is 4.19. The van der Waals surface area contributed by atoms with Crippen molar-refractivity contribution in [3.8, 4) is 0 Å². The summed E-state index contributed by atoms with van der Waals surface area (Å²) in [6.07, 6.45) is 7.21. The quantitative estimate of drug-likeness (QED) is 0.576. The number of fused-ring (bicyclic) bond motifs is 1. The Bertz CT molecular complexity index is 240. The van der Waals surface area contributed by atoms with Gasteiger partial charge in [0.1, 0.15) is 0 Å². The third-order valence-electron chi connectivity index (χ3n) is 5.22. The Labute approximate surface area is 95.1 Å². The molecule has 0 saturated heterocycles. The number of hydrogen-bond donors (Lipinski definition) is 0. The van der Waals surface area contributed by atoms with Crippen LogP contribution in [0.4, 0.5) is 0 Å². The number of hydrogen-bond acceptors (Lipinski definition) is 0. The summed E-state index contributed by atoms with van der Waals surface area (Å²) in [5.74, 6) is 4.84. The van der Waals surface area contributed by atoms with E-state index >= 15 is 0 Å². The van der Waals surface area contributed by atoms with Gasteiger partial charge in [-0.25, -0.2) is 0 Å². The standard InChI is InChI=1S/C15H26/c1-5-12-11(4)6-7-13(10(2)3)15-9-8-14(12)15/h11-15H,2,5-9H2,1,3-4H3. The first-order valence-electron chi connectivity index (χ1n) is 6.80. The minimum absolute atomic E-state index is 0.850. The lowest BCUT2D eigenvalue weighted by Crippen LogP contribution is -2.37. The summed E-state index contributed by atoms with van der Waals surface area (Å²) in [6, 6.07) is 0. The zero-order chi connectivity index (χ0) is 11.0. The summed E-state index contributed by atoms with van der Waals surface area (Å²) in [5.41, 5.74) is 1.45. The smallest absolute Gasteiger partial charge is 0.0177 e. The molecule has 0 aromatic carbocycles. The van der Waals surface area contributed by atoms with Crippen LogP contribution in [-0.4, -0.2) is 0 Å². The molecule has 0 heterocycles. The Morgan fingerprint density at radius 3 is 2.27 bits per heavy atom. The molecule has 0 nitrogen and oxygen atoms in total. The first-order chi connectivity index (χ1) is 7.15. The topological polar surface area (TPSA) is 0 Å². The molecule has 2 fully saturated rings. The van der Waals surface area contributed by atoms with Gasteiger partial charge in [-0.05, 0) is 62.2 Å². The summed E-state index contributed by atoms with van der Waals surface area (Å²) < 4.78 is 0. The predicted octanol–water partition coefficient (Wildman–Crippen LogP) is 4.66. The highest BCUT2D eigenvalue weighted by molar-refractivity contribution is 5.06. The van der Waals surface area contributed by atoms with E-state index in [0.717, 1.165) is 29.6 Å². The molecule has 0 spiro atoms. The minimum Gasteiger partial charge on any atom is -0.0999 e. The van der Waals surface area contributed by atoms with Crippen molar-refractivity contribution in [1.82, 2.24) is 0 Å². The highest BCUT2D eigenvalue weighted by Gasteiger charge is 2.44. The molecule has 0 radical (unpaired) electrons. The maximum Gasteiger partial charge on any atom is -0.0177 e. The molecule has 0 heteroatoms. The normalized spacial score (nSPS) is 45.1. The van der Waals surface area contributed by atoms with Crippen molar-refractivity contribution >= 4 is 0 Å². The average molecular weight is 206 g/mol. The van der Waals surface area contributed by atoms with Gasteiger partial charge in [0.2, 0.25) is 0 Å². The summed E-state index contributed by atoms with van der Waals surface area (Å²) in [7, 11) is 0. The lowest BCUT2D eigenvalue weighted by molar-refractivity contribution is 0.0604. The van der Waals surface area contributed by atoms with Crippen LogP contribution in [0.15, 0.2) is 12.2 Å². The molecule has 2 aliphatic carbocycles.